The van der Waals surface area contributed by atoms with Crippen LogP contribution in [-0.4, -0.2) is 39.6 Å². The number of ether oxygens (including phenoxy) is 1. The number of benzene rings is 1. The van der Waals surface area contributed by atoms with Crippen molar-refractivity contribution >= 4 is 17.5 Å². The van der Waals surface area contributed by atoms with Crippen LogP contribution in [0, 0.1) is 6.92 Å². The van der Waals surface area contributed by atoms with Gasteiger partial charge in [0.1, 0.15) is 5.75 Å². The number of hydrogen-bond acceptors (Lipinski definition) is 5. The Morgan fingerprint density at radius 1 is 1.36 bits per heavy atom. The van der Waals surface area contributed by atoms with Gasteiger partial charge in [0.25, 0.3) is 5.91 Å². The summed E-state index contributed by atoms with van der Waals surface area (Å²) >= 11 is 5.89. The molecule has 3 rings (SSSR count). The van der Waals surface area contributed by atoms with E-state index in [-0.39, 0.29) is 11.8 Å². The van der Waals surface area contributed by atoms with E-state index in [1.807, 2.05) is 4.90 Å². The molecule has 2 heterocycles. The number of hydrogen-bond donors (Lipinski definition) is 0. The number of aromatic nitrogens is 2. The van der Waals surface area contributed by atoms with Gasteiger partial charge in [-0.1, -0.05) is 16.8 Å². The molecule has 1 amide bonds. The SMILES string of the molecule is Cc1noc([C@@H]2CCCN(C(=O)C(C)(C)Oc3ccc(Cl)cc3)C2)n1. The number of likely N-dealkylation sites (tertiary alicyclic amines) is 1. The number of carbonyl (C=O) groups excluding carboxylic acids is 1. The van der Waals surface area contributed by atoms with E-state index in [9.17, 15) is 4.79 Å². The van der Waals surface area contributed by atoms with Gasteiger partial charge >= 0.3 is 0 Å². The molecule has 0 bridgehead atoms. The third-order valence-corrected chi connectivity index (χ3v) is 4.55. The van der Waals surface area contributed by atoms with Crippen molar-refractivity contribution in [3.05, 3.63) is 41.0 Å². The lowest BCUT2D eigenvalue weighted by molar-refractivity contribution is -0.146. The van der Waals surface area contributed by atoms with E-state index in [1.165, 1.54) is 0 Å². The molecule has 1 aromatic carbocycles. The largest absolute Gasteiger partial charge is 0.478 e. The first-order valence-corrected chi connectivity index (χ1v) is 8.77. The minimum Gasteiger partial charge on any atom is -0.478 e. The maximum atomic E-state index is 13.0. The van der Waals surface area contributed by atoms with Crippen molar-refractivity contribution in [2.24, 2.45) is 0 Å². The van der Waals surface area contributed by atoms with Gasteiger partial charge in [-0.05, 0) is 57.9 Å². The van der Waals surface area contributed by atoms with Gasteiger partial charge in [0.05, 0.1) is 5.92 Å². The van der Waals surface area contributed by atoms with Crippen molar-refractivity contribution in [3.8, 4) is 5.75 Å². The lowest BCUT2D eigenvalue weighted by atomic mass is 9.96. The fraction of sp³-hybridized carbons (Fsp3) is 0.500. The number of nitrogens with zero attached hydrogens (tertiary/aromatic N) is 3. The highest BCUT2D eigenvalue weighted by Gasteiger charge is 2.37. The maximum absolute atomic E-state index is 13.0. The minimum atomic E-state index is -0.972. The lowest BCUT2D eigenvalue weighted by Gasteiger charge is -2.36. The van der Waals surface area contributed by atoms with Crippen LogP contribution in [0.15, 0.2) is 28.8 Å². The fourth-order valence-electron chi connectivity index (χ4n) is 3.06. The number of aryl methyl sites for hydroxylation is 1. The summed E-state index contributed by atoms with van der Waals surface area (Å²) in [4.78, 5) is 19.1. The Labute approximate surface area is 152 Å². The van der Waals surface area contributed by atoms with Crippen molar-refractivity contribution in [2.45, 2.75) is 45.1 Å². The fourth-order valence-corrected chi connectivity index (χ4v) is 3.19. The molecule has 1 saturated heterocycles. The zero-order valence-corrected chi connectivity index (χ0v) is 15.4. The van der Waals surface area contributed by atoms with Crippen LogP contribution in [0.25, 0.3) is 0 Å². The summed E-state index contributed by atoms with van der Waals surface area (Å²) in [6, 6.07) is 7.01. The minimum absolute atomic E-state index is 0.0524. The van der Waals surface area contributed by atoms with Crippen molar-refractivity contribution in [1.29, 1.82) is 0 Å². The summed E-state index contributed by atoms with van der Waals surface area (Å²) in [5.41, 5.74) is -0.972. The van der Waals surface area contributed by atoms with E-state index in [0.29, 0.717) is 35.6 Å². The van der Waals surface area contributed by atoms with Crippen LogP contribution in [0.5, 0.6) is 5.75 Å². The molecule has 0 unspecified atom stereocenters. The second-order valence-corrected chi connectivity index (χ2v) is 7.27. The molecule has 2 aromatic rings. The normalized spacial score (nSPS) is 18.2. The summed E-state index contributed by atoms with van der Waals surface area (Å²) < 4.78 is 11.2. The first kappa shape index (κ1) is 17.7. The van der Waals surface area contributed by atoms with Crippen molar-refractivity contribution < 1.29 is 14.1 Å². The molecule has 0 radical (unpaired) electrons. The number of rotatable bonds is 4. The molecule has 134 valence electrons. The second-order valence-electron chi connectivity index (χ2n) is 6.84. The first-order valence-electron chi connectivity index (χ1n) is 8.39. The number of amides is 1. The van der Waals surface area contributed by atoms with Crippen LogP contribution in [0.3, 0.4) is 0 Å². The zero-order chi connectivity index (χ0) is 18.0. The molecular weight excluding hydrogens is 342 g/mol. The van der Waals surface area contributed by atoms with E-state index in [1.54, 1.807) is 45.0 Å². The highest BCUT2D eigenvalue weighted by molar-refractivity contribution is 6.30. The maximum Gasteiger partial charge on any atom is 0.266 e. The molecule has 7 heteroatoms. The van der Waals surface area contributed by atoms with Crippen LogP contribution >= 0.6 is 11.6 Å². The molecular formula is C18H22ClN3O3. The predicted octanol–water partition coefficient (Wildman–Crippen LogP) is 3.60. The molecule has 1 atom stereocenters. The molecule has 0 saturated carbocycles. The summed E-state index contributed by atoms with van der Waals surface area (Å²) in [6.45, 7) is 6.63. The van der Waals surface area contributed by atoms with Crippen molar-refractivity contribution in [1.82, 2.24) is 15.0 Å². The summed E-state index contributed by atoms with van der Waals surface area (Å²) in [6.07, 6.45) is 1.83. The molecule has 1 aliphatic heterocycles. The molecule has 1 aliphatic rings. The average Bonchev–Trinajstić information content (AvgIpc) is 3.03. The molecule has 25 heavy (non-hydrogen) atoms. The van der Waals surface area contributed by atoms with Gasteiger partial charge in [0.2, 0.25) is 5.89 Å². The number of piperidine rings is 1. The molecule has 6 nitrogen and oxygen atoms in total. The topological polar surface area (TPSA) is 68.5 Å². The molecule has 1 fully saturated rings. The van der Waals surface area contributed by atoms with E-state index < -0.39 is 5.60 Å². The van der Waals surface area contributed by atoms with E-state index in [4.69, 9.17) is 20.9 Å². The molecule has 0 N–H and O–H groups in total. The zero-order valence-electron chi connectivity index (χ0n) is 14.7. The Balaban J connectivity index is 1.69. The van der Waals surface area contributed by atoms with Gasteiger partial charge in [0.15, 0.2) is 11.4 Å². The van der Waals surface area contributed by atoms with Gasteiger partial charge in [-0.25, -0.2) is 0 Å². The van der Waals surface area contributed by atoms with Gasteiger partial charge in [-0.3, -0.25) is 4.79 Å². The van der Waals surface area contributed by atoms with Gasteiger partial charge < -0.3 is 14.2 Å². The monoisotopic (exact) mass is 363 g/mol. The Bertz CT molecular complexity index is 742. The summed E-state index contributed by atoms with van der Waals surface area (Å²) in [5, 5.41) is 4.48. The van der Waals surface area contributed by atoms with E-state index >= 15 is 0 Å². The standard InChI is InChI=1S/C18H22ClN3O3/c1-12-20-16(25-21-12)13-5-4-10-22(11-13)17(23)18(2,3)24-15-8-6-14(19)7-9-15/h6-9,13H,4-5,10-11H2,1-3H3/t13-/m1/s1. The van der Waals surface area contributed by atoms with Gasteiger partial charge in [0, 0.05) is 18.1 Å². The van der Waals surface area contributed by atoms with E-state index in [2.05, 4.69) is 10.1 Å². The number of carbonyl (C=O) groups is 1. The molecule has 0 aliphatic carbocycles. The van der Waals surface area contributed by atoms with Crippen molar-refractivity contribution in [3.63, 3.8) is 0 Å². The lowest BCUT2D eigenvalue weighted by Crippen LogP contribution is -2.51. The summed E-state index contributed by atoms with van der Waals surface area (Å²) in [5.74, 6) is 1.86. The third kappa shape index (κ3) is 4.12. The second kappa shape index (κ2) is 7.04. The molecule has 0 spiro atoms. The Kier molecular flexibility index (Phi) is 4.99. The highest BCUT2D eigenvalue weighted by atomic mass is 35.5. The quantitative estimate of drug-likeness (QED) is 0.830. The van der Waals surface area contributed by atoms with Crippen LogP contribution in [0.1, 0.15) is 44.3 Å². The van der Waals surface area contributed by atoms with Crippen LogP contribution in [0.2, 0.25) is 5.02 Å². The van der Waals surface area contributed by atoms with Crippen LogP contribution in [0.4, 0.5) is 0 Å². The smallest absolute Gasteiger partial charge is 0.266 e. The summed E-state index contributed by atoms with van der Waals surface area (Å²) in [7, 11) is 0. The van der Waals surface area contributed by atoms with Gasteiger partial charge in [-0.2, -0.15) is 4.98 Å². The van der Waals surface area contributed by atoms with Crippen molar-refractivity contribution in [2.75, 3.05) is 13.1 Å². The molecule has 1 aromatic heterocycles. The first-order chi connectivity index (χ1) is 11.8. The Hall–Kier alpha value is -2.08. The Morgan fingerprint density at radius 2 is 2.08 bits per heavy atom. The van der Waals surface area contributed by atoms with Crippen LogP contribution in [-0.2, 0) is 4.79 Å². The predicted molar refractivity (Wildman–Crippen MR) is 93.7 cm³/mol. The number of halogens is 1. The third-order valence-electron chi connectivity index (χ3n) is 4.30. The highest BCUT2D eigenvalue weighted by Crippen LogP contribution is 2.29. The van der Waals surface area contributed by atoms with E-state index in [0.717, 1.165) is 12.8 Å². The Morgan fingerprint density at radius 3 is 2.72 bits per heavy atom. The average molecular weight is 364 g/mol. The van der Waals surface area contributed by atoms with Crippen LogP contribution < -0.4 is 4.74 Å². The van der Waals surface area contributed by atoms with Gasteiger partial charge in [-0.15, -0.1) is 0 Å².